The van der Waals surface area contributed by atoms with Crippen LogP contribution in [0, 0.1) is 0 Å². The lowest BCUT2D eigenvalue weighted by atomic mass is 10.0. The maximum Gasteiger partial charge on any atom is 0.268 e. The van der Waals surface area contributed by atoms with Crippen molar-refractivity contribution in [3.8, 4) is 0 Å². The molecule has 0 heterocycles. The van der Waals surface area contributed by atoms with Crippen molar-refractivity contribution in [1.29, 1.82) is 0 Å². The topological polar surface area (TPSA) is 108 Å². The highest BCUT2D eigenvalue weighted by Gasteiger charge is 2.23. The first-order valence-corrected chi connectivity index (χ1v) is 26.0. The molecule has 0 aromatic carbocycles. The molecule has 59 heavy (non-hydrogen) atoms. The zero-order valence-corrected chi connectivity index (χ0v) is 40.1. The molecular formula is C50H95N2O6P. The molecule has 0 spiro atoms. The van der Waals surface area contributed by atoms with Crippen molar-refractivity contribution in [1.82, 2.24) is 5.32 Å². The van der Waals surface area contributed by atoms with Crippen LogP contribution in [0.2, 0.25) is 0 Å². The van der Waals surface area contributed by atoms with Crippen LogP contribution >= 0.6 is 7.82 Å². The first-order chi connectivity index (χ1) is 28.5. The summed E-state index contributed by atoms with van der Waals surface area (Å²) in [5, 5.41) is 13.8. The van der Waals surface area contributed by atoms with Gasteiger partial charge in [0, 0.05) is 6.42 Å². The number of nitrogens with one attached hydrogen (secondary N) is 1. The summed E-state index contributed by atoms with van der Waals surface area (Å²) in [5.74, 6) is -0.222. The highest BCUT2D eigenvalue weighted by molar-refractivity contribution is 7.45. The van der Waals surface area contributed by atoms with Gasteiger partial charge in [-0.05, 0) is 57.8 Å². The van der Waals surface area contributed by atoms with Crippen LogP contribution in [0.15, 0.2) is 48.6 Å². The second-order valence-electron chi connectivity index (χ2n) is 17.8. The molecule has 3 unspecified atom stereocenters. The predicted octanol–water partition coefficient (Wildman–Crippen LogP) is 13.4. The van der Waals surface area contributed by atoms with Crippen molar-refractivity contribution < 1.29 is 32.9 Å². The number of rotatable bonds is 44. The quantitative estimate of drug-likeness (QED) is 0.0274. The largest absolute Gasteiger partial charge is 0.756 e. The lowest BCUT2D eigenvalue weighted by Crippen LogP contribution is -2.45. The average Bonchev–Trinajstić information content (AvgIpc) is 3.19. The maximum atomic E-state index is 12.9. The maximum absolute atomic E-state index is 12.9. The number of aliphatic hydroxyl groups excluding tert-OH is 1. The zero-order valence-electron chi connectivity index (χ0n) is 39.2. The fourth-order valence-corrected chi connectivity index (χ4v) is 7.55. The minimum Gasteiger partial charge on any atom is -0.756 e. The number of quaternary nitrogens is 1. The molecule has 8 nitrogen and oxygen atoms in total. The Bertz CT molecular complexity index is 1100. The number of nitrogens with zero attached hydrogens (tertiary/aromatic N) is 1. The van der Waals surface area contributed by atoms with E-state index in [4.69, 9.17) is 9.05 Å². The molecule has 2 N–H and O–H groups in total. The first kappa shape index (κ1) is 57.5. The lowest BCUT2D eigenvalue weighted by molar-refractivity contribution is -0.870. The van der Waals surface area contributed by atoms with Gasteiger partial charge in [0.2, 0.25) is 5.91 Å². The summed E-state index contributed by atoms with van der Waals surface area (Å²) >= 11 is 0. The first-order valence-electron chi connectivity index (χ1n) is 24.5. The van der Waals surface area contributed by atoms with Gasteiger partial charge >= 0.3 is 0 Å². The number of allylic oxidation sites excluding steroid dienone is 7. The van der Waals surface area contributed by atoms with E-state index in [1.54, 1.807) is 6.08 Å². The number of phosphoric ester groups is 1. The number of carbonyl (C=O) groups is 1. The van der Waals surface area contributed by atoms with E-state index < -0.39 is 26.6 Å². The van der Waals surface area contributed by atoms with E-state index >= 15 is 0 Å². The van der Waals surface area contributed by atoms with Gasteiger partial charge in [-0.15, -0.1) is 0 Å². The molecule has 0 bridgehead atoms. The summed E-state index contributed by atoms with van der Waals surface area (Å²) in [6, 6.07) is -0.911. The molecule has 0 aromatic rings. The fraction of sp³-hybridized carbons (Fsp3) is 0.820. The van der Waals surface area contributed by atoms with Crippen LogP contribution in [0.1, 0.15) is 213 Å². The van der Waals surface area contributed by atoms with E-state index in [2.05, 4.69) is 55.6 Å². The van der Waals surface area contributed by atoms with Crippen molar-refractivity contribution in [2.75, 3.05) is 40.9 Å². The van der Waals surface area contributed by atoms with Crippen LogP contribution in [-0.2, 0) is 18.4 Å². The Labute approximate surface area is 365 Å². The van der Waals surface area contributed by atoms with Crippen LogP contribution in [0.3, 0.4) is 0 Å². The van der Waals surface area contributed by atoms with E-state index in [-0.39, 0.29) is 12.5 Å². The Kier molecular flexibility index (Phi) is 40.7. The van der Waals surface area contributed by atoms with Gasteiger partial charge in [0.05, 0.1) is 39.9 Å². The Morgan fingerprint density at radius 1 is 0.593 bits per heavy atom. The van der Waals surface area contributed by atoms with Gasteiger partial charge in [-0.2, -0.15) is 0 Å². The molecular weight excluding hydrogens is 756 g/mol. The Balaban J connectivity index is 4.37. The van der Waals surface area contributed by atoms with E-state index in [1.165, 1.54) is 128 Å². The average molecular weight is 851 g/mol. The summed E-state index contributed by atoms with van der Waals surface area (Å²) in [6.45, 7) is 4.58. The summed E-state index contributed by atoms with van der Waals surface area (Å²) in [5.41, 5.74) is 0. The molecule has 9 heteroatoms. The zero-order chi connectivity index (χ0) is 43.6. The highest BCUT2D eigenvalue weighted by atomic mass is 31.2. The SMILES string of the molecule is CCCC/C=C\C/C=C\CCCCCCCC(=O)NC(COP(=O)([O-])OCC[N+](C)(C)C)C(O)/C=C/CC/C=C/CCCCCCCCCCCCCCCCCCC. The number of likely N-dealkylation sites (N-methyl/N-ethyl adjacent to an activating group) is 1. The molecule has 0 aromatic heterocycles. The molecule has 0 rings (SSSR count). The van der Waals surface area contributed by atoms with Crippen LogP contribution in [0.25, 0.3) is 0 Å². The van der Waals surface area contributed by atoms with Gasteiger partial charge in [0.25, 0.3) is 7.82 Å². The van der Waals surface area contributed by atoms with Crippen LogP contribution < -0.4 is 10.2 Å². The van der Waals surface area contributed by atoms with Crippen molar-refractivity contribution >= 4 is 13.7 Å². The molecule has 0 saturated heterocycles. The Morgan fingerprint density at radius 3 is 1.53 bits per heavy atom. The van der Waals surface area contributed by atoms with Crippen molar-refractivity contribution in [3.05, 3.63) is 48.6 Å². The van der Waals surface area contributed by atoms with Crippen LogP contribution in [0.5, 0.6) is 0 Å². The number of hydrogen-bond acceptors (Lipinski definition) is 6. The number of hydrogen-bond donors (Lipinski definition) is 2. The number of phosphoric acid groups is 1. The number of unbranched alkanes of at least 4 members (excludes halogenated alkanes) is 25. The van der Waals surface area contributed by atoms with Gasteiger partial charge in [0.15, 0.2) is 0 Å². The third-order valence-electron chi connectivity index (χ3n) is 10.8. The predicted molar refractivity (Wildman–Crippen MR) is 251 cm³/mol. The number of amides is 1. The normalized spacial score (nSPS) is 14.6. The molecule has 0 aliphatic carbocycles. The smallest absolute Gasteiger partial charge is 0.268 e. The Morgan fingerprint density at radius 2 is 1.02 bits per heavy atom. The van der Waals surface area contributed by atoms with E-state index in [1.807, 2.05) is 27.2 Å². The molecule has 0 saturated carbocycles. The number of aliphatic hydroxyl groups is 1. The van der Waals surface area contributed by atoms with Gasteiger partial charge in [0.1, 0.15) is 13.2 Å². The van der Waals surface area contributed by atoms with Crippen LogP contribution in [0.4, 0.5) is 0 Å². The fourth-order valence-electron chi connectivity index (χ4n) is 6.83. The van der Waals surface area contributed by atoms with E-state index in [0.29, 0.717) is 17.4 Å². The van der Waals surface area contributed by atoms with Gasteiger partial charge < -0.3 is 28.8 Å². The Hall–Kier alpha value is -1.54. The van der Waals surface area contributed by atoms with Crippen LogP contribution in [-0.4, -0.2) is 68.5 Å². The minimum absolute atomic E-state index is 0.0104. The third kappa shape index (κ3) is 44.3. The molecule has 0 radical (unpaired) electrons. The third-order valence-corrected chi connectivity index (χ3v) is 11.7. The molecule has 0 fully saturated rings. The second kappa shape index (κ2) is 41.8. The summed E-state index contributed by atoms with van der Waals surface area (Å²) in [4.78, 5) is 25.3. The van der Waals surface area contributed by atoms with Crippen molar-refractivity contribution in [3.63, 3.8) is 0 Å². The standard InChI is InChI=1S/C50H95N2O6P/c1-6-8-10-12-14-16-18-20-22-23-24-25-26-27-28-29-30-31-33-35-37-39-41-43-49(53)48(47-58-59(55,56)57-46-45-52(3,4)5)51-50(54)44-42-40-38-36-34-32-21-19-17-15-13-11-9-7-2/h13,15,19,21,33,35,41,43,48-49,53H,6-12,14,16-18,20,22-32,34,36-40,42,44-47H2,1-5H3,(H-,51,54,55,56)/b15-13-,21-19-,35-33+,43-41+. The summed E-state index contributed by atoms with van der Waals surface area (Å²) < 4.78 is 23.2. The molecule has 1 amide bonds. The highest BCUT2D eigenvalue weighted by Crippen LogP contribution is 2.38. The minimum atomic E-state index is -4.60. The molecule has 0 aliphatic rings. The van der Waals surface area contributed by atoms with Crippen molar-refractivity contribution in [2.24, 2.45) is 0 Å². The molecule has 3 atom stereocenters. The van der Waals surface area contributed by atoms with E-state index in [9.17, 15) is 19.4 Å². The summed E-state index contributed by atoms with van der Waals surface area (Å²) in [7, 11) is 1.23. The monoisotopic (exact) mass is 851 g/mol. The molecule has 346 valence electrons. The lowest BCUT2D eigenvalue weighted by Gasteiger charge is -2.29. The number of carbonyl (C=O) groups excluding carboxylic acids is 1. The second-order valence-corrected chi connectivity index (χ2v) is 19.2. The van der Waals surface area contributed by atoms with Gasteiger partial charge in [-0.1, -0.05) is 197 Å². The summed E-state index contributed by atoms with van der Waals surface area (Å²) in [6.07, 6.45) is 53.2. The molecule has 0 aliphatic heterocycles. The van der Waals surface area contributed by atoms with Gasteiger partial charge in [-0.3, -0.25) is 9.36 Å². The van der Waals surface area contributed by atoms with Crippen molar-refractivity contribution in [2.45, 2.75) is 225 Å². The van der Waals surface area contributed by atoms with Gasteiger partial charge in [-0.25, -0.2) is 0 Å². The van der Waals surface area contributed by atoms with E-state index in [0.717, 1.165) is 64.2 Å².